The topological polar surface area (TPSA) is 41.6 Å². The maximum Gasteiger partial charge on any atom is 0.106 e. The number of hydrogen-bond acceptors (Lipinski definition) is 2. The molecule has 3 heteroatoms. The molecule has 3 nitrogen and oxygen atoms in total. The summed E-state index contributed by atoms with van der Waals surface area (Å²) in [6.45, 7) is 4.77. The molecule has 2 aromatic rings. The van der Waals surface area contributed by atoms with Gasteiger partial charge in [-0.05, 0) is 31.5 Å². The first-order valence-electron chi connectivity index (χ1n) is 5.03. The molecular formula is C12H13N3. The normalized spacial score (nSPS) is 10.5. The highest BCUT2D eigenvalue weighted by molar-refractivity contribution is 5.76. The van der Waals surface area contributed by atoms with Crippen molar-refractivity contribution in [2.45, 2.75) is 26.8 Å². The zero-order valence-electron chi connectivity index (χ0n) is 8.99. The molecule has 2 rings (SSSR count). The minimum atomic E-state index is 0.528. The van der Waals surface area contributed by atoms with Gasteiger partial charge in [0.25, 0.3) is 0 Å². The van der Waals surface area contributed by atoms with Crippen LogP contribution in [-0.2, 0) is 6.54 Å². The van der Waals surface area contributed by atoms with Gasteiger partial charge in [-0.1, -0.05) is 6.07 Å². The smallest absolute Gasteiger partial charge is 0.106 e. The Morgan fingerprint density at radius 2 is 2.20 bits per heavy atom. The lowest BCUT2D eigenvalue weighted by Crippen LogP contribution is -1.99. The van der Waals surface area contributed by atoms with Crippen molar-refractivity contribution in [2.75, 3.05) is 0 Å². The number of fused-ring (bicyclic) bond motifs is 1. The molecule has 0 aliphatic heterocycles. The average molecular weight is 199 g/mol. The third-order valence-corrected chi connectivity index (χ3v) is 2.54. The fraction of sp³-hybridized carbons (Fsp3) is 0.333. The molecule has 0 atom stereocenters. The van der Waals surface area contributed by atoms with Crippen molar-refractivity contribution in [2.24, 2.45) is 0 Å². The van der Waals surface area contributed by atoms with E-state index in [1.165, 1.54) is 5.56 Å². The van der Waals surface area contributed by atoms with Crippen LogP contribution in [0.15, 0.2) is 18.2 Å². The lowest BCUT2D eigenvalue weighted by molar-refractivity contribution is 0.710. The third kappa shape index (κ3) is 1.71. The second-order valence-corrected chi connectivity index (χ2v) is 3.71. The van der Waals surface area contributed by atoms with E-state index in [1.807, 2.05) is 13.0 Å². The van der Waals surface area contributed by atoms with Crippen LogP contribution in [0, 0.1) is 25.2 Å². The van der Waals surface area contributed by atoms with Gasteiger partial charge in [0.05, 0.1) is 23.5 Å². The molecule has 1 aromatic carbocycles. The highest BCUT2D eigenvalue weighted by Crippen LogP contribution is 2.17. The minimum absolute atomic E-state index is 0.528. The van der Waals surface area contributed by atoms with Crippen molar-refractivity contribution >= 4 is 11.0 Å². The molecule has 1 heterocycles. The number of aryl methyl sites for hydroxylation is 3. The van der Waals surface area contributed by atoms with Crippen LogP contribution in [0.25, 0.3) is 11.0 Å². The summed E-state index contributed by atoms with van der Waals surface area (Å²) in [6, 6.07) is 8.37. The summed E-state index contributed by atoms with van der Waals surface area (Å²) >= 11 is 0. The lowest BCUT2D eigenvalue weighted by Gasteiger charge is -2.03. The molecule has 15 heavy (non-hydrogen) atoms. The largest absolute Gasteiger partial charge is 0.327 e. The summed E-state index contributed by atoms with van der Waals surface area (Å²) in [5.41, 5.74) is 3.36. The van der Waals surface area contributed by atoms with Gasteiger partial charge in [0, 0.05) is 6.54 Å². The first-order valence-corrected chi connectivity index (χ1v) is 5.03. The van der Waals surface area contributed by atoms with E-state index in [9.17, 15) is 0 Å². The van der Waals surface area contributed by atoms with Crippen LogP contribution < -0.4 is 0 Å². The Morgan fingerprint density at radius 3 is 2.93 bits per heavy atom. The van der Waals surface area contributed by atoms with Crippen LogP contribution in [-0.4, -0.2) is 9.55 Å². The fourth-order valence-electron chi connectivity index (χ4n) is 1.80. The van der Waals surface area contributed by atoms with E-state index in [2.05, 4.69) is 34.7 Å². The third-order valence-electron chi connectivity index (χ3n) is 2.54. The number of nitriles is 1. The maximum atomic E-state index is 8.60. The zero-order valence-corrected chi connectivity index (χ0v) is 8.99. The van der Waals surface area contributed by atoms with E-state index >= 15 is 0 Å². The Balaban J connectivity index is 2.56. The fourth-order valence-corrected chi connectivity index (χ4v) is 1.80. The van der Waals surface area contributed by atoms with E-state index in [0.29, 0.717) is 6.42 Å². The molecule has 76 valence electrons. The molecule has 0 spiro atoms. The standard InChI is InChI=1S/C12H13N3/c1-9-4-5-11-12(8-9)15(7-3-6-13)10(2)14-11/h4-5,8H,3,7H2,1-2H3. The molecule has 0 N–H and O–H groups in total. The summed E-state index contributed by atoms with van der Waals surface area (Å²) in [4.78, 5) is 4.46. The number of aromatic nitrogens is 2. The van der Waals surface area contributed by atoms with Gasteiger partial charge in [-0.15, -0.1) is 0 Å². The highest BCUT2D eigenvalue weighted by Gasteiger charge is 2.06. The summed E-state index contributed by atoms with van der Waals surface area (Å²) in [7, 11) is 0. The predicted octanol–water partition coefficient (Wildman–Crippen LogP) is 2.57. The summed E-state index contributed by atoms with van der Waals surface area (Å²) < 4.78 is 2.10. The van der Waals surface area contributed by atoms with Crippen LogP contribution in [0.2, 0.25) is 0 Å². The van der Waals surface area contributed by atoms with Crippen molar-refractivity contribution in [3.05, 3.63) is 29.6 Å². The van der Waals surface area contributed by atoms with Crippen molar-refractivity contribution in [1.29, 1.82) is 5.26 Å². The second kappa shape index (κ2) is 3.74. The molecule has 0 amide bonds. The molecule has 0 aliphatic rings. The van der Waals surface area contributed by atoms with Gasteiger partial charge >= 0.3 is 0 Å². The molecule has 0 radical (unpaired) electrons. The van der Waals surface area contributed by atoms with Crippen LogP contribution in [0.3, 0.4) is 0 Å². The first-order chi connectivity index (χ1) is 7.22. The average Bonchev–Trinajstić information content (AvgIpc) is 2.51. The molecule has 0 saturated carbocycles. The monoisotopic (exact) mass is 199 g/mol. The van der Waals surface area contributed by atoms with Gasteiger partial charge in [0.1, 0.15) is 5.82 Å². The van der Waals surface area contributed by atoms with Crippen molar-refractivity contribution in [3.63, 3.8) is 0 Å². The Bertz CT molecular complexity index is 532. The van der Waals surface area contributed by atoms with Crippen LogP contribution in [0.4, 0.5) is 0 Å². The Morgan fingerprint density at radius 1 is 1.40 bits per heavy atom. The van der Waals surface area contributed by atoms with Gasteiger partial charge in [-0.2, -0.15) is 5.26 Å². The molecule has 0 bridgehead atoms. The molecule has 0 aliphatic carbocycles. The zero-order chi connectivity index (χ0) is 10.8. The first kappa shape index (κ1) is 9.72. The van der Waals surface area contributed by atoms with Crippen LogP contribution in [0.5, 0.6) is 0 Å². The second-order valence-electron chi connectivity index (χ2n) is 3.71. The van der Waals surface area contributed by atoms with Gasteiger partial charge in [-0.3, -0.25) is 0 Å². The summed E-state index contributed by atoms with van der Waals surface area (Å²) in [5, 5.41) is 8.60. The van der Waals surface area contributed by atoms with Gasteiger partial charge < -0.3 is 4.57 Å². The molecule has 0 unspecified atom stereocenters. The van der Waals surface area contributed by atoms with E-state index in [1.54, 1.807) is 0 Å². The van der Waals surface area contributed by atoms with Crippen molar-refractivity contribution in [1.82, 2.24) is 9.55 Å². The number of rotatable bonds is 2. The minimum Gasteiger partial charge on any atom is -0.327 e. The molecule has 0 saturated heterocycles. The van der Waals surface area contributed by atoms with E-state index in [-0.39, 0.29) is 0 Å². The van der Waals surface area contributed by atoms with Gasteiger partial charge in [-0.25, -0.2) is 4.98 Å². The molecule has 0 fully saturated rings. The summed E-state index contributed by atoms with van der Waals surface area (Å²) in [5.74, 6) is 0.978. The number of hydrogen-bond donors (Lipinski definition) is 0. The Labute approximate surface area is 89.0 Å². The maximum absolute atomic E-state index is 8.60. The van der Waals surface area contributed by atoms with Gasteiger partial charge in [0.15, 0.2) is 0 Å². The van der Waals surface area contributed by atoms with Crippen molar-refractivity contribution < 1.29 is 0 Å². The number of imidazole rings is 1. The number of benzene rings is 1. The highest BCUT2D eigenvalue weighted by atomic mass is 15.1. The van der Waals surface area contributed by atoms with E-state index < -0.39 is 0 Å². The summed E-state index contributed by atoms with van der Waals surface area (Å²) in [6.07, 6.45) is 0.528. The SMILES string of the molecule is Cc1ccc2nc(C)n(CCC#N)c2c1. The van der Waals surface area contributed by atoms with Crippen molar-refractivity contribution in [3.8, 4) is 6.07 Å². The van der Waals surface area contributed by atoms with E-state index in [4.69, 9.17) is 5.26 Å². The Hall–Kier alpha value is -1.82. The molecule has 1 aromatic heterocycles. The number of nitrogens with zero attached hydrogens (tertiary/aromatic N) is 3. The van der Waals surface area contributed by atoms with Crippen LogP contribution in [0.1, 0.15) is 17.8 Å². The molecular weight excluding hydrogens is 186 g/mol. The lowest BCUT2D eigenvalue weighted by atomic mass is 10.2. The Kier molecular flexibility index (Phi) is 2.42. The quantitative estimate of drug-likeness (QED) is 0.745. The van der Waals surface area contributed by atoms with E-state index in [0.717, 1.165) is 23.4 Å². The predicted molar refractivity (Wildman–Crippen MR) is 59.4 cm³/mol. The van der Waals surface area contributed by atoms with Gasteiger partial charge in [0.2, 0.25) is 0 Å². The van der Waals surface area contributed by atoms with Crippen LogP contribution >= 0.6 is 0 Å².